The number of fused-ring (bicyclic) bond motifs is 1. The van der Waals surface area contributed by atoms with Gasteiger partial charge in [-0.3, -0.25) is 9.78 Å². The topological polar surface area (TPSA) is 83.3 Å². The van der Waals surface area contributed by atoms with Crippen LogP contribution < -0.4 is 5.56 Å². The van der Waals surface area contributed by atoms with E-state index in [9.17, 15) is 14.3 Å². The van der Waals surface area contributed by atoms with Gasteiger partial charge in [-0.2, -0.15) is 9.61 Å². The van der Waals surface area contributed by atoms with Crippen LogP contribution in [0.3, 0.4) is 0 Å². The highest BCUT2D eigenvalue weighted by molar-refractivity contribution is 5.79. The van der Waals surface area contributed by atoms with Crippen molar-refractivity contribution in [2.24, 2.45) is 0 Å². The molecule has 0 amide bonds. The molecule has 1 aromatic carbocycles. The van der Waals surface area contributed by atoms with Crippen LogP contribution in [0.15, 0.2) is 53.6 Å². The first kappa shape index (κ1) is 16.0. The van der Waals surface area contributed by atoms with Gasteiger partial charge in [-0.25, -0.2) is 4.39 Å². The SMILES string of the molecule is Cc1nn2c(O)c(Cc3ccc(F)cc3)c(=O)[nH]c2c1-c1ccncc1. The molecule has 0 radical (unpaired) electrons. The van der Waals surface area contributed by atoms with E-state index in [4.69, 9.17) is 0 Å². The number of nitrogens with zero attached hydrogens (tertiary/aromatic N) is 3. The van der Waals surface area contributed by atoms with Crippen molar-refractivity contribution in [3.63, 3.8) is 0 Å². The molecule has 2 N–H and O–H groups in total. The minimum Gasteiger partial charge on any atom is -0.493 e. The molecule has 0 unspecified atom stereocenters. The summed E-state index contributed by atoms with van der Waals surface area (Å²) < 4.78 is 14.4. The number of hydrogen-bond acceptors (Lipinski definition) is 4. The Labute approximate surface area is 147 Å². The van der Waals surface area contributed by atoms with Gasteiger partial charge in [-0.1, -0.05) is 12.1 Å². The van der Waals surface area contributed by atoms with Crippen LogP contribution in [-0.2, 0) is 6.42 Å². The first-order valence-corrected chi connectivity index (χ1v) is 8.03. The van der Waals surface area contributed by atoms with Crippen molar-refractivity contribution in [3.8, 4) is 17.0 Å². The third-order valence-electron chi connectivity index (χ3n) is 4.30. The summed E-state index contributed by atoms with van der Waals surface area (Å²) in [7, 11) is 0. The first-order valence-electron chi connectivity index (χ1n) is 8.03. The highest BCUT2D eigenvalue weighted by atomic mass is 19.1. The second-order valence-corrected chi connectivity index (χ2v) is 6.02. The summed E-state index contributed by atoms with van der Waals surface area (Å²) in [5.41, 5.74) is 3.13. The number of aryl methyl sites for hydroxylation is 1. The second-order valence-electron chi connectivity index (χ2n) is 6.02. The van der Waals surface area contributed by atoms with Gasteiger partial charge in [0.25, 0.3) is 5.56 Å². The van der Waals surface area contributed by atoms with Gasteiger partial charge in [-0.15, -0.1) is 0 Å². The third kappa shape index (κ3) is 2.63. The molecule has 0 aliphatic heterocycles. The number of halogens is 1. The van der Waals surface area contributed by atoms with Crippen LogP contribution in [0.4, 0.5) is 4.39 Å². The molecule has 0 fully saturated rings. The van der Waals surface area contributed by atoms with Crippen LogP contribution in [-0.4, -0.2) is 24.7 Å². The van der Waals surface area contributed by atoms with Crippen LogP contribution in [0.1, 0.15) is 16.8 Å². The van der Waals surface area contributed by atoms with Gasteiger partial charge in [0.2, 0.25) is 5.88 Å². The lowest BCUT2D eigenvalue weighted by Crippen LogP contribution is -2.16. The number of benzene rings is 1. The van der Waals surface area contributed by atoms with E-state index < -0.39 is 5.56 Å². The number of hydrogen-bond donors (Lipinski definition) is 2. The molecule has 0 aliphatic carbocycles. The summed E-state index contributed by atoms with van der Waals surface area (Å²) in [5, 5.41) is 15.0. The summed E-state index contributed by atoms with van der Waals surface area (Å²) in [4.78, 5) is 19.4. The van der Waals surface area contributed by atoms with E-state index in [1.165, 1.54) is 16.6 Å². The fourth-order valence-corrected chi connectivity index (χ4v) is 3.04. The lowest BCUT2D eigenvalue weighted by atomic mass is 10.1. The van der Waals surface area contributed by atoms with Gasteiger partial charge in [0.1, 0.15) is 11.5 Å². The molecule has 4 rings (SSSR count). The predicted octanol–water partition coefficient (Wildman–Crippen LogP) is 2.83. The summed E-state index contributed by atoms with van der Waals surface area (Å²) in [6, 6.07) is 9.42. The van der Waals surface area contributed by atoms with E-state index in [0.29, 0.717) is 16.9 Å². The predicted molar refractivity (Wildman–Crippen MR) is 94.7 cm³/mol. The van der Waals surface area contributed by atoms with Crippen LogP contribution >= 0.6 is 0 Å². The lowest BCUT2D eigenvalue weighted by Gasteiger charge is -2.07. The Balaban J connectivity index is 1.88. The smallest absolute Gasteiger partial charge is 0.258 e. The minimum atomic E-state index is -0.408. The zero-order valence-electron chi connectivity index (χ0n) is 13.9. The van der Waals surface area contributed by atoms with Crippen LogP contribution in [0.25, 0.3) is 16.8 Å². The van der Waals surface area contributed by atoms with E-state index in [0.717, 1.165) is 11.1 Å². The van der Waals surface area contributed by atoms with Crippen LogP contribution in [0.5, 0.6) is 5.88 Å². The summed E-state index contributed by atoms with van der Waals surface area (Å²) in [6.07, 6.45) is 3.47. The highest BCUT2D eigenvalue weighted by Crippen LogP contribution is 2.29. The quantitative estimate of drug-likeness (QED) is 0.595. The Kier molecular flexibility index (Phi) is 3.76. The van der Waals surface area contributed by atoms with Gasteiger partial charge in [-0.05, 0) is 42.3 Å². The van der Waals surface area contributed by atoms with Crippen molar-refractivity contribution in [3.05, 3.63) is 81.8 Å². The molecule has 0 aliphatic rings. The van der Waals surface area contributed by atoms with Crippen molar-refractivity contribution in [2.45, 2.75) is 13.3 Å². The van der Waals surface area contributed by atoms with Crippen molar-refractivity contribution in [2.75, 3.05) is 0 Å². The molecule has 3 heterocycles. The fraction of sp³-hybridized carbons (Fsp3) is 0.105. The highest BCUT2D eigenvalue weighted by Gasteiger charge is 2.19. The molecule has 130 valence electrons. The number of aromatic nitrogens is 4. The number of rotatable bonds is 3. The van der Waals surface area contributed by atoms with E-state index in [1.54, 1.807) is 31.5 Å². The zero-order valence-corrected chi connectivity index (χ0v) is 13.9. The molecule has 7 heteroatoms. The summed E-state index contributed by atoms with van der Waals surface area (Å²) >= 11 is 0. The Morgan fingerprint density at radius 3 is 2.54 bits per heavy atom. The maximum absolute atomic E-state index is 13.1. The van der Waals surface area contributed by atoms with Crippen molar-refractivity contribution >= 4 is 5.65 Å². The standard InChI is InChI=1S/C19H15FN4O2/c1-11-16(13-6-8-21-9-7-13)17-22-18(25)15(19(26)24(17)23-11)10-12-2-4-14(20)5-3-12/h2-9,26H,10H2,1H3,(H,22,25). The molecule has 26 heavy (non-hydrogen) atoms. The molecule has 6 nitrogen and oxygen atoms in total. The number of aromatic hydroxyl groups is 1. The van der Waals surface area contributed by atoms with E-state index in [1.807, 2.05) is 12.1 Å². The average Bonchev–Trinajstić information content (AvgIpc) is 2.97. The van der Waals surface area contributed by atoms with Gasteiger partial charge < -0.3 is 10.1 Å². The van der Waals surface area contributed by atoms with Crippen LogP contribution in [0, 0.1) is 12.7 Å². The van der Waals surface area contributed by atoms with Crippen LogP contribution in [0.2, 0.25) is 0 Å². The number of pyridine rings is 1. The van der Waals surface area contributed by atoms with Gasteiger partial charge in [0.15, 0.2) is 0 Å². The Hall–Kier alpha value is -3.48. The van der Waals surface area contributed by atoms with Gasteiger partial charge >= 0.3 is 0 Å². The molecule has 0 saturated carbocycles. The molecular weight excluding hydrogens is 335 g/mol. The third-order valence-corrected chi connectivity index (χ3v) is 4.30. The monoisotopic (exact) mass is 350 g/mol. The lowest BCUT2D eigenvalue weighted by molar-refractivity contribution is 0.427. The molecule has 0 spiro atoms. The van der Waals surface area contributed by atoms with Gasteiger partial charge in [0.05, 0.1) is 11.3 Å². The van der Waals surface area contributed by atoms with Crippen molar-refractivity contribution in [1.29, 1.82) is 0 Å². The number of H-pyrrole nitrogens is 1. The summed E-state index contributed by atoms with van der Waals surface area (Å²) in [6.45, 7) is 1.81. The van der Waals surface area contributed by atoms with Crippen molar-refractivity contribution in [1.82, 2.24) is 19.6 Å². The largest absolute Gasteiger partial charge is 0.493 e. The number of nitrogens with one attached hydrogen (secondary N) is 1. The maximum Gasteiger partial charge on any atom is 0.258 e. The normalized spacial score (nSPS) is 11.2. The molecule has 3 aromatic heterocycles. The van der Waals surface area contributed by atoms with E-state index >= 15 is 0 Å². The van der Waals surface area contributed by atoms with Gasteiger partial charge in [0, 0.05) is 24.4 Å². The molecule has 0 saturated heterocycles. The first-order chi connectivity index (χ1) is 12.5. The van der Waals surface area contributed by atoms with E-state index in [-0.39, 0.29) is 23.7 Å². The van der Waals surface area contributed by atoms with E-state index in [2.05, 4.69) is 15.1 Å². The maximum atomic E-state index is 13.1. The molecule has 0 atom stereocenters. The molecule has 4 aromatic rings. The fourth-order valence-electron chi connectivity index (χ4n) is 3.04. The molecule has 0 bridgehead atoms. The second kappa shape index (κ2) is 6.11. The zero-order chi connectivity index (χ0) is 18.3. The number of aromatic amines is 1. The Bertz CT molecular complexity index is 1150. The Morgan fingerprint density at radius 1 is 1.15 bits per heavy atom. The molecular formula is C19H15FN4O2. The average molecular weight is 350 g/mol. The Morgan fingerprint density at radius 2 is 1.85 bits per heavy atom. The minimum absolute atomic E-state index is 0.168. The summed E-state index contributed by atoms with van der Waals surface area (Å²) in [5.74, 6) is -0.580. The van der Waals surface area contributed by atoms with Crippen molar-refractivity contribution < 1.29 is 9.50 Å².